The van der Waals surface area contributed by atoms with E-state index in [0.29, 0.717) is 6.42 Å². The number of benzene rings is 1. The Morgan fingerprint density at radius 3 is 2.29 bits per heavy atom. The Balaban J connectivity index is 2.76. The normalized spacial score (nSPS) is 13.3. The molecule has 0 fully saturated rings. The summed E-state index contributed by atoms with van der Waals surface area (Å²) >= 11 is 0. The van der Waals surface area contributed by atoms with E-state index in [9.17, 15) is 14.7 Å². The number of carbonyl (C=O) groups excluding carboxylic acids is 2. The summed E-state index contributed by atoms with van der Waals surface area (Å²) in [7, 11) is 0. The van der Waals surface area contributed by atoms with Crippen molar-refractivity contribution < 1.29 is 24.2 Å². The van der Waals surface area contributed by atoms with E-state index >= 15 is 0 Å². The number of hydrogen-bond donors (Lipinski definition) is 1. The Morgan fingerprint density at radius 1 is 1.10 bits per heavy atom. The average Bonchev–Trinajstić information content (AvgIpc) is 2.46. The summed E-state index contributed by atoms with van der Waals surface area (Å²) in [5.74, 6) is -1.80. The maximum Gasteiger partial charge on any atom is 0.311 e. The zero-order valence-electron chi connectivity index (χ0n) is 12.5. The number of hydrogen-bond acceptors (Lipinski definition) is 5. The summed E-state index contributed by atoms with van der Waals surface area (Å²) in [6.07, 6.45) is -1.02. The predicted octanol–water partition coefficient (Wildman–Crippen LogP) is 1.72. The molecule has 5 heteroatoms. The molecular weight excluding hydrogens is 272 g/mol. The van der Waals surface area contributed by atoms with Gasteiger partial charge in [0.1, 0.15) is 0 Å². The van der Waals surface area contributed by atoms with Gasteiger partial charge >= 0.3 is 11.9 Å². The smallest absolute Gasteiger partial charge is 0.311 e. The van der Waals surface area contributed by atoms with Gasteiger partial charge in [-0.1, -0.05) is 30.3 Å². The molecule has 0 aromatic heterocycles. The summed E-state index contributed by atoms with van der Waals surface area (Å²) in [6.45, 7) is 3.87. The summed E-state index contributed by atoms with van der Waals surface area (Å²) in [6, 6.07) is 9.31. The van der Waals surface area contributed by atoms with Crippen molar-refractivity contribution in [1.82, 2.24) is 0 Å². The Morgan fingerprint density at radius 2 is 1.71 bits per heavy atom. The van der Waals surface area contributed by atoms with Gasteiger partial charge in [-0.2, -0.15) is 0 Å². The van der Waals surface area contributed by atoms with Gasteiger partial charge < -0.3 is 14.6 Å². The maximum absolute atomic E-state index is 12.0. The molecule has 0 spiro atoms. The molecule has 1 aromatic rings. The molecule has 21 heavy (non-hydrogen) atoms. The lowest BCUT2D eigenvalue weighted by molar-refractivity contribution is -0.154. The largest absolute Gasteiger partial charge is 0.466 e. The molecule has 1 rings (SSSR count). The minimum absolute atomic E-state index is 0.218. The number of esters is 2. The van der Waals surface area contributed by atoms with Crippen LogP contribution >= 0.6 is 0 Å². The Labute approximate surface area is 124 Å². The molecule has 0 bridgehead atoms. The number of aliphatic hydroxyl groups excluding tert-OH is 1. The van der Waals surface area contributed by atoms with Crippen LogP contribution in [0.4, 0.5) is 0 Å². The second-order valence-electron chi connectivity index (χ2n) is 4.62. The first-order valence-electron chi connectivity index (χ1n) is 7.12. The number of rotatable bonds is 8. The van der Waals surface area contributed by atoms with E-state index in [1.165, 1.54) is 0 Å². The second kappa shape index (κ2) is 9.13. The van der Waals surface area contributed by atoms with Gasteiger partial charge in [0.2, 0.25) is 0 Å². The fourth-order valence-corrected chi connectivity index (χ4v) is 2.03. The van der Waals surface area contributed by atoms with Crippen molar-refractivity contribution >= 4 is 11.9 Å². The topological polar surface area (TPSA) is 72.8 Å². The fourth-order valence-electron chi connectivity index (χ4n) is 2.03. The third kappa shape index (κ3) is 5.95. The first-order valence-corrected chi connectivity index (χ1v) is 7.12. The molecule has 0 saturated carbocycles. The van der Waals surface area contributed by atoms with Gasteiger partial charge in [-0.25, -0.2) is 0 Å². The van der Waals surface area contributed by atoms with E-state index in [1.54, 1.807) is 13.8 Å². The highest BCUT2D eigenvalue weighted by molar-refractivity contribution is 5.76. The molecule has 0 aliphatic carbocycles. The standard InChI is InChI=1S/C16H22O5/c1-3-20-15(18)11-14(17)13(16(19)21-4-2)10-12-8-6-5-7-9-12/h5-9,13-14,17H,3-4,10-11H2,1-2H3. The second-order valence-corrected chi connectivity index (χ2v) is 4.62. The molecule has 0 amide bonds. The van der Waals surface area contributed by atoms with Crippen molar-refractivity contribution in [2.75, 3.05) is 13.2 Å². The molecule has 2 atom stereocenters. The minimum Gasteiger partial charge on any atom is -0.466 e. The molecule has 2 unspecified atom stereocenters. The van der Waals surface area contributed by atoms with Crippen molar-refractivity contribution in [3.8, 4) is 0 Å². The van der Waals surface area contributed by atoms with E-state index in [-0.39, 0.29) is 19.6 Å². The summed E-state index contributed by atoms with van der Waals surface area (Å²) < 4.78 is 9.79. The van der Waals surface area contributed by atoms with Gasteiger partial charge in [0, 0.05) is 0 Å². The van der Waals surface area contributed by atoms with Crippen LogP contribution in [0.5, 0.6) is 0 Å². The van der Waals surface area contributed by atoms with Gasteiger partial charge in [-0.05, 0) is 25.8 Å². The molecule has 5 nitrogen and oxygen atoms in total. The Kier molecular flexibility index (Phi) is 7.46. The quantitative estimate of drug-likeness (QED) is 0.739. The Bertz CT molecular complexity index is 443. The van der Waals surface area contributed by atoms with Gasteiger partial charge in [0.15, 0.2) is 0 Å². The van der Waals surface area contributed by atoms with Gasteiger partial charge in [0.25, 0.3) is 0 Å². The maximum atomic E-state index is 12.0. The van der Waals surface area contributed by atoms with E-state index in [2.05, 4.69) is 0 Å². The van der Waals surface area contributed by atoms with Crippen LogP contribution in [0.1, 0.15) is 25.8 Å². The van der Waals surface area contributed by atoms with E-state index in [1.807, 2.05) is 30.3 Å². The summed E-state index contributed by atoms with van der Waals surface area (Å²) in [5.41, 5.74) is 0.901. The lowest BCUT2D eigenvalue weighted by atomic mass is 9.92. The third-order valence-corrected chi connectivity index (χ3v) is 3.03. The van der Waals surface area contributed by atoms with Crippen molar-refractivity contribution in [3.05, 3.63) is 35.9 Å². The van der Waals surface area contributed by atoms with Crippen LogP contribution in [0.3, 0.4) is 0 Å². The van der Waals surface area contributed by atoms with Crippen molar-refractivity contribution in [2.45, 2.75) is 32.8 Å². The van der Waals surface area contributed by atoms with Crippen molar-refractivity contribution in [2.24, 2.45) is 5.92 Å². The first-order chi connectivity index (χ1) is 10.1. The first kappa shape index (κ1) is 17.2. The van der Waals surface area contributed by atoms with Crippen LogP contribution in [0, 0.1) is 5.92 Å². The van der Waals surface area contributed by atoms with Crippen LogP contribution < -0.4 is 0 Å². The van der Waals surface area contributed by atoms with Crippen molar-refractivity contribution in [1.29, 1.82) is 0 Å². The van der Waals surface area contributed by atoms with E-state index in [0.717, 1.165) is 5.56 Å². The van der Waals surface area contributed by atoms with Crippen LogP contribution in [0.15, 0.2) is 30.3 Å². The third-order valence-electron chi connectivity index (χ3n) is 3.03. The molecule has 0 heterocycles. The lowest BCUT2D eigenvalue weighted by Crippen LogP contribution is -2.34. The van der Waals surface area contributed by atoms with Crippen LogP contribution in [-0.2, 0) is 25.5 Å². The van der Waals surface area contributed by atoms with Crippen molar-refractivity contribution in [3.63, 3.8) is 0 Å². The molecular formula is C16H22O5. The number of ether oxygens (including phenoxy) is 2. The fraction of sp³-hybridized carbons (Fsp3) is 0.500. The highest BCUT2D eigenvalue weighted by Gasteiger charge is 2.30. The molecule has 1 N–H and O–H groups in total. The number of carbonyl (C=O) groups is 2. The van der Waals surface area contributed by atoms with Gasteiger partial charge in [-0.3, -0.25) is 9.59 Å². The van der Waals surface area contributed by atoms with Gasteiger partial charge in [-0.15, -0.1) is 0 Å². The molecule has 0 saturated heterocycles. The minimum atomic E-state index is -1.12. The molecule has 1 aromatic carbocycles. The lowest BCUT2D eigenvalue weighted by Gasteiger charge is -2.20. The summed E-state index contributed by atoms with van der Waals surface area (Å²) in [5, 5.41) is 10.2. The zero-order valence-corrected chi connectivity index (χ0v) is 12.5. The van der Waals surface area contributed by atoms with Crippen LogP contribution in [0.25, 0.3) is 0 Å². The van der Waals surface area contributed by atoms with Crippen LogP contribution in [-0.4, -0.2) is 36.4 Å². The highest BCUT2D eigenvalue weighted by Crippen LogP contribution is 2.17. The van der Waals surface area contributed by atoms with E-state index in [4.69, 9.17) is 9.47 Å². The number of aliphatic hydroxyl groups is 1. The molecule has 116 valence electrons. The van der Waals surface area contributed by atoms with Gasteiger partial charge in [0.05, 0.1) is 31.7 Å². The molecule has 0 aliphatic heterocycles. The molecule has 0 radical (unpaired) electrons. The van der Waals surface area contributed by atoms with Crippen LogP contribution in [0.2, 0.25) is 0 Å². The van der Waals surface area contributed by atoms with E-state index < -0.39 is 24.0 Å². The SMILES string of the molecule is CCOC(=O)CC(O)C(Cc1ccccc1)C(=O)OCC. The zero-order chi connectivity index (χ0) is 15.7. The predicted molar refractivity (Wildman–Crippen MR) is 77.5 cm³/mol. The average molecular weight is 294 g/mol. The highest BCUT2D eigenvalue weighted by atomic mass is 16.5. The monoisotopic (exact) mass is 294 g/mol. The summed E-state index contributed by atoms with van der Waals surface area (Å²) in [4.78, 5) is 23.5. The Hall–Kier alpha value is -1.88. The molecule has 0 aliphatic rings.